The maximum atomic E-state index is 6.30. The van der Waals surface area contributed by atoms with E-state index in [2.05, 4.69) is 38.1 Å². The second kappa shape index (κ2) is 6.18. The highest BCUT2D eigenvalue weighted by Gasteiger charge is 2.21. The van der Waals surface area contributed by atoms with Crippen LogP contribution in [-0.2, 0) is 16.7 Å². The van der Waals surface area contributed by atoms with Gasteiger partial charge in [0.15, 0.2) is 0 Å². The molecular formula is C15H25NO. The molecule has 0 radical (unpaired) electrons. The third kappa shape index (κ3) is 4.49. The standard InChI is InChI=1S/C15H25NO/c1-5-17-11-15(4,16)14-8-6-7-13(10-14)9-12(2)3/h6-8,10,12H,5,9,11,16H2,1-4H3. The van der Waals surface area contributed by atoms with Crippen LogP contribution in [0.5, 0.6) is 0 Å². The Bertz CT molecular complexity index is 345. The Morgan fingerprint density at radius 3 is 2.65 bits per heavy atom. The van der Waals surface area contributed by atoms with Crippen molar-refractivity contribution in [3.63, 3.8) is 0 Å². The van der Waals surface area contributed by atoms with Crippen LogP contribution in [0.25, 0.3) is 0 Å². The van der Waals surface area contributed by atoms with E-state index in [1.165, 1.54) is 5.56 Å². The van der Waals surface area contributed by atoms with Gasteiger partial charge in [0.05, 0.1) is 12.1 Å². The van der Waals surface area contributed by atoms with E-state index >= 15 is 0 Å². The highest BCUT2D eigenvalue weighted by Crippen LogP contribution is 2.20. The molecule has 1 rings (SSSR count). The largest absolute Gasteiger partial charge is 0.379 e. The molecule has 0 spiro atoms. The highest BCUT2D eigenvalue weighted by molar-refractivity contribution is 5.29. The van der Waals surface area contributed by atoms with Crippen LogP contribution >= 0.6 is 0 Å². The van der Waals surface area contributed by atoms with Gasteiger partial charge in [0.2, 0.25) is 0 Å². The summed E-state index contributed by atoms with van der Waals surface area (Å²) >= 11 is 0. The van der Waals surface area contributed by atoms with E-state index < -0.39 is 5.54 Å². The minimum absolute atomic E-state index is 0.400. The zero-order valence-corrected chi connectivity index (χ0v) is 11.5. The van der Waals surface area contributed by atoms with Crippen molar-refractivity contribution in [2.75, 3.05) is 13.2 Å². The molecule has 96 valence electrons. The van der Waals surface area contributed by atoms with Crippen molar-refractivity contribution in [1.29, 1.82) is 0 Å². The van der Waals surface area contributed by atoms with Crippen LogP contribution in [0.3, 0.4) is 0 Å². The van der Waals surface area contributed by atoms with Gasteiger partial charge in [-0.25, -0.2) is 0 Å². The number of hydrogen-bond acceptors (Lipinski definition) is 2. The number of nitrogens with two attached hydrogens (primary N) is 1. The first-order valence-electron chi connectivity index (χ1n) is 6.41. The highest BCUT2D eigenvalue weighted by atomic mass is 16.5. The smallest absolute Gasteiger partial charge is 0.0685 e. The third-order valence-electron chi connectivity index (χ3n) is 2.84. The molecule has 1 unspecified atom stereocenters. The average molecular weight is 235 g/mol. The monoisotopic (exact) mass is 235 g/mol. The van der Waals surface area contributed by atoms with Crippen LogP contribution in [0.4, 0.5) is 0 Å². The summed E-state index contributed by atoms with van der Waals surface area (Å²) in [6.07, 6.45) is 1.10. The molecule has 0 heterocycles. The molecule has 2 nitrogen and oxygen atoms in total. The van der Waals surface area contributed by atoms with E-state index in [1.54, 1.807) is 0 Å². The molecule has 1 atom stereocenters. The van der Waals surface area contributed by atoms with Crippen LogP contribution in [0.2, 0.25) is 0 Å². The second-order valence-electron chi connectivity index (χ2n) is 5.35. The van der Waals surface area contributed by atoms with Crippen molar-refractivity contribution in [2.45, 2.75) is 39.7 Å². The van der Waals surface area contributed by atoms with Gasteiger partial charge in [-0.05, 0) is 37.3 Å². The first kappa shape index (κ1) is 14.2. The van der Waals surface area contributed by atoms with E-state index in [0.29, 0.717) is 19.1 Å². The second-order valence-corrected chi connectivity index (χ2v) is 5.35. The lowest BCUT2D eigenvalue weighted by molar-refractivity contribution is 0.101. The minimum Gasteiger partial charge on any atom is -0.379 e. The summed E-state index contributed by atoms with van der Waals surface area (Å²) in [5.74, 6) is 0.668. The molecule has 0 aromatic heterocycles. The Labute approximate surface area is 105 Å². The molecule has 0 fully saturated rings. The van der Waals surface area contributed by atoms with Gasteiger partial charge in [0.25, 0.3) is 0 Å². The fourth-order valence-corrected chi connectivity index (χ4v) is 1.92. The lowest BCUT2D eigenvalue weighted by atomic mass is 9.91. The average Bonchev–Trinajstić information content (AvgIpc) is 2.26. The lowest BCUT2D eigenvalue weighted by Gasteiger charge is -2.25. The van der Waals surface area contributed by atoms with Gasteiger partial charge in [0.1, 0.15) is 0 Å². The summed E-state index contributed by atoms with van der Waals surface area (Å²) in [4.78, 5) is 0. The Morgan fingerprint density at radius 1 is 1.35 bits per heavy atom. The van der Waals surface area contributed by atoms with Crippen molar-refractivity contribution in [1.82, 2.24) is 0 Å². The van der Waals surface area contributed by atoms with E-state index in [9.17, 15) is 0 Å². The Morgan fingerprint density at radius 2 is 2.06 bits per heavy atom. The first-order chi connectivity index (χ1) is 7.95. The van der Waals surface area contributed by atoms with E-state index in [0.717, 1.165) is 12.0 Å². The topological polar surface area (TPSA) is 35.2 Å². The third-order valence-corrected chi connectivity index (χ3v) is 2.84. The van der Waals surface area contributed by atoms with Gasteiger partial charge in [-0.3, -0.25) is 0 Å². The summed E-state index contributed by atoms with van der Waals surface area (Å²) in [5, 5.41) is 0. The predicted molar refractivity (Wildman–Crippen MR) is 73.0 cm³/mol. The van der Waals surface area contributed by atoms with Gasteiger partial charge >= 0.3 is 0 Å². The van der Waals surface area contributed by atoms with Gasteiger partial charge in [-0.15, -0.1) is 0 Å². The van der Waals surface area contributed by atoms with E-state index in [-0.39, 0.29) is 0 Å². The summed E-state index contributed by atoms with van der Waals surface area (Å²) < 4.78 is 5.45. The summed E-state index contributed by atoms with van der Waals surface area (Å²) in [6, 6.07) is 8.55. The summed E-state index contributed by atoms with van der Waals surface area (Å²) in [5.41, 5.74) is 8.41. The molecular weight excluding hydrogens is 210 g/mol. The van der Waals surface area contributed by atoms with Crippen LogP contribution in [0, 0.1) is 5.92 Å². The number of hydrogen-bond donors (Lipinski definition) is 1. The van der Waals surface area contributed by atoms with Crippen LogP contribution < -0.4 is 5.73 Å². The van der Waals surface area contributed by atoms with Gasteiger partial charge < -0.3 is 10.5 Å². The van der Waals surface area contributed by atoms with E-state index in [4.69, 9.17) is 10.5 Å². The SMILES string of the molecule is CCOCC(C)(N)c1cccc(CC(C)C)c1. The fraction of sp³-hybridized carbons (Fsp3) is 0.600. The molecule has 1 aromatic carbocycles. The molecule has 0 saturated heterocycles. The number of rotatable bonds is 6. The predicted octanol–water partition coefficient (Wildman–Crippen LogP) is 3.10. The zero-order valence-electron chi connectivity index (χ0n) is 11.5. The van der Waals surface area contributed by atoms with Crippen molar-refractivity contribution >= 4 is 0 Å². The van der Waals surface area contributed by atoms with Gasteiger partial charge in [-0.1, -0.05) is 38.1 Å². The van der Waals surface area contributed by atoms with Crippen LogP contribution in [0.15, 0.2) is 24.3 Å². The van der Waals surface area contributed by atoms with Crippen molar-refractivity contribution < 1.29 is 4.74 Å². The van der Waals surface area contributed by atoms with Crippen LogP contribution in [-0.4, -0.2) is 13.2 Å². The Hall–Kier alpha value is -0.860. The maximum absolute atomic E-state index is 6.30. The molecule has 17 heavy (non-hydrogen) atoms. The fourth-order valence-electron chi connectivity index (χ4n) is 1.92. The molecule has 0 aliphatic rings. The molecule has 0 aliphatic carbocycles. The molecule has 0 saturated carbocycles. The zero-order chi connectivity index (χ0) is 12.9. The maximum Gasteiger partial charge on any atom is 0.0685 e. The number of ether oxygens (including phenoxy) is 1. The summed E-state index contributed by atoms with van der Waals surface area (Å²) in [7, 11) is 0. The molecule has 2 N–H and O–H groups in total. The molecule has 0 bridgehead atoms. The molecule has 2 heteroatoms. The Balaban J connectivity index is 2.82. The Kier molecular flexibility index (Phi) is 5.16. The quantitative estimate of drug-likeness (QED) is 0.822. The summed E-state index contributed by atoms with van der Waals surface area (Å²) in [6.45, 7) is 9.75. The van der Waals surface area contributed by atoms with Crippen molar-refractivity contribution in [2.24, 2.45) is 11.7 Å². The molecule has 1 aromatic rings. The van der Waals surface area contributed by atoms with Crippen molar-refractivity contribution in [3.8, 4) is 0 Å². The molecule has 0 aliphatic heterocycles. The van der Waals surface area contributed by atoms with Crippen LogP contribution in [0.1, 0.15) is 38.8 Å². The molecule has 0 amide bonds. The first-order valence-corrected chi connectivity index (χ1v) is 6.41. The van der Waals surface area contributed by atoms with E-state index in [1.807, 2.05) is 13.8 Å². The van der Waals surface area contributed by atoms with Gasteiger partial charge in [0, 0.05) is 6.61 Å². The van der Waals surface area contributed by atoms with Gasteiger partial charge in [-0.2, -0.15) is 0 Å². The van der Waals surface area contributed by atoms with Crippen molar-refractivity contribution in [3.05, 3.63) is 35.4 Å². The number of benzene rings is 1. The minimum atomic E-state index is -0.400. The lowest BCUT2D eigenvalue weighted by Crippen LogP contribution is -2.38. The normalized spacial score (nSPS) is 14.9.